The molecule has 1 unspecified atom stereocenters. The van der Waals surface area contributed by atoms with Crippen molar-refractivity contribution in [2.24, 2.45) is 0 Å². The van der Waals surface area contributed by atoms with Crippen molar-refractivity contribution in [3.05, 3.63) is 92.6 Å². The monoisotopic (exact) mass is 421 g/mol. The quantitative estimate of drug-likeness (QED) is 0.514. The number of aromatic amines is 1. The minimum absolute atomic E-state index is 0.0145. The maximum atomic E-state index is 12.9. The normalized spacial score (nSPS) is 11.8. The van der Waals surface area contributed by atoms with Crippen LogP contribution in [0.1, 0.15) is 31.0 Å². The Morgan fingerprint density at radius 3 is 2.32 bits per heavy atom. The number of carbonyl (C=O) groups excluding carboxylic acids is 1. The number of nitrogens with zero attached hydrogens (tertiary/aromatic N) is 2. The Hall–Kier alpha value is -3.65. The topological polar surface area (TPSA) is 113 Å². The number of aromatic nitrogens is 2. The second kappa shape index (κ2) is 9.90. The van der Waals surface area contributed by atoms with Gasteiger partial charge in [0.25, 0.3) is 5.56 Å². The first-order chi connectivity index (χ1) is 14.9. The van der Waals surface area contributed by atoms with Crippen LogP contribution in [-0.4, -0.2) is 28.5 Å². The fourth-order valence-corrected chi connectivity index (χ4v) is 3.42. The van der Waals surface area contributed by atoms with Gasteiger partial charge in [0.2, 0.25) is 5.91 Å². The van der Waals surface area contributed by atoms with Crippen molar-refractivity contribution in [1.82, 2.24) is 14.9 Å². The lowest BCUT2D eigenvalue weighted by molar-refractivity contribution is -0.117. The Labute approximate surface area is 180 Å². The number of H-pyrrole nitrogens is 1. The number of amides is 1. The van der Waals surface area contributed by atoms with Crippen LogP contribution in [0.15, 0.2) is 70.3 Å². The molecule has 4 N–H and O–H groups in total. The van der Waals surface area contributed by atoms with Gasteiger partial charge in [0, 0.05) is 12.6 Å². The summed E-state index contributed by atoms with van der Waals surface area (Å²) in [6, 6.07) is 19.0. The molecule has 3 rings (SSSR count). The third kappa shape index (κ3) is 5.10. The molecule has 1 aromatic heterocycles. The molecule has 0 aliphatic heterocycles. The maximum Gasteiger partial charge on any atom is 0.330 e. The fraction of sp³-hybridized carbons (Fsp3) is 0.261. The summed E-state index contributed by atoms with van der Waals surface area (Å²) >= 11 is 0. The molecule has 1 amide bonds. The lowest BCUT2D eigenvalue weighted by Crippen LogP contribution is -2.44. The summed E-state index contributed by atoms with van der Waals surface area (Å²) in [5.74, 6) is -0.351. The first-order valence-corrected chi connectivity index (χ1v) is 10.2. The van der Waals surface area contributed by atoms with Gasteiger partial charge in [-0.25, -0.2) is 4.79 Å². The smallest absolute Gasteiger partial charge is 0.330 e. The van der Waals surface area contributed by atoms with Gasteiger partial charge in [0.15, 0.2) is 5.69 Å². The van der Waals surface area contributed by atoms with Crippen LogP contribution in [0.25, 0.3) is 0 Å². The number of nitrogen functional groups attached to an aromatic ring is 1. The van der Waals surface area contributed by atoms with Crippen LogP contribution in [0.2, 0.25) is 0 Å². The number of nitrogens with two attached hydrogens (primary N) is 1. The molecule has 2 aromatic carbocycles. The summed E-state index contributed by atoms with van der Waals surface area (Å²) in [4.78, 5) is 41.5. The van der Waals surface area contributed by atoms with Gasteiger partial charge in [0.05, 0.1) is 13.1 Å². The molecular formula is C23H27N5O3. The van der Waals surface area contributed by atoms with E-state index in [-0.39, 0.29) is 43.1 Å². The number of rotatable bonds is 8. The number of hydrogen-bond acceptors (Lipinski definition) is 5. The van der Waals surface area contributed by atoms with E-state index in [2.05, 4.69) is 10.3 Å². The summed E-state index contributed by atoms with van der Waals surface area (Å²) in [5.41, 5.74) is 6.81. The van der Waals surface area contributed by atoms with Crippen LogP contribution in [0.5, 0.6) is 0 Å². The molecule has 8 nitrogen and oxygen atoms in total. The van der Waals surface area contributed by atoms with E-state index in [1.54, 1.807) is 6.92 Å². The zero-order valence-corrected chi connectivity index (χ0v) is 17.7. The minimum atomic E-state index is -0.682. The second-order valence-corrected chi connectivity index (χ2v) is 7.22. The molecule has 0 saturated carbocycles. The zero-order chi connectivity index (χ0) is 22.4. The average Bonchev–Trinajstić information content (AvgIpc) is 2.78. The van der Waals surface area contributed by atoms with Crippen molar-refractivity contribution >= 4 is 17.4 Å². The van der Waals surface area contributed by atoms with Gasteiger partial charge in [-0.3, -0.25) is 19.1 Å². The average molecular weight is 422 g/mol. The highest BCUT2D eigenvalue weighted by Crippen LogP contribution is 2.18. The number of nitrogens with one attached hydrogen (secondary N) is 2. The molecule has 0 bridgehead atoms. The van der Waals surface area contributed by atoms with E-state index < -0.39 is 11.2 Å². The zero-order valence-electron chi connectivity index (χ0n) is 17.7. The maximum absolute atomic E-state index is 12.9. The molecule has 3 aromatic rings. The number of hydrogen-bond donors (Lipinski definition) is 3. The fourth-order valence-electron chi connectivity index (χ4n) is 3.42. The van der Waals surface area contributed by atoms with Gasteiger partial charge in [-0.05, 0) is 25.0 Å². The second-order valence-electron chi connectivity index (χ2n) is 7.22. The molecule has 0 saturated heterocycles. The summed E-state index contributed by atoms with van der Waals surface area (Å²) in [5, 5.41) is 3.18. The highest BCUT2D eigenvalue weighted by molar-refractivity contribution is 5.96. The largest absolute Gasteiger partial charge is 0.383 e. The van der Waals surface area contributed by atoms with Gasteiger partial charge in [-0.2, -0.15) is 0 Å². The first kappa shape index (κ1) is 22.0. The van der Waals surface area contributed by atoms with Crippen LogP contribution < -0.4 is 27.2 Å². The van der Waals surface area contributed by atoms with E-state index in [0.717, 1.165) is 11.1 Å². The number of benzene rings is 2. The third-order valence-electron chi connectivity index (χ3n) is 5.14. The summed E-state index contributed by atoms with van der Waals surface area (Å²) in [6.07, 6.45) is 0. The predicted octanol–water partition coefficient (Wildman–Crippen LogP) is 1.87. The molecule has 1 atom stereocenters. The van der Waals surface area contributed by atoms with Crippen molar-refractivity contribution in [3.8, 4) is 0 Å². The molecule has 162 valence electrons. The van der Waals surface area contributed by atoms with Gasteiger partial charge in [0.1, 0.15) is 5.82 Å². The third-order valence-corrected chi connectivity index (χ3v) is 5.14. The summed E-state index contributed by atoms with van der Waals surface area (Å²) in [6.45, 7) is 4.14. The van der Waals surface area contributed by atoms with Crippen LogP contribution >= 0.6 is 0 Å². The van der Waals surface area contributed by atoms with E-state index in [1.807, 2.05) is 67.6 Å². The Kier molecular flexibility index (Phi) is 7.04. The molecule has 1 heterocycles. The number of anilines is 2. The highest BCUT2D eigenvalue weighted by atomic mass is 16.2. The summed E-state index contributed by atoms with van der Waals surface area (Å²) < 4.78 is 1.27. The van der Waals surface area contributed by atoms with E-state index in [1.165, 1.54) is 9.47 Å². The first-order valence-electron chi connectivity index (χ1n) is 10.2. The molecule has 0 aliphatic rings. The van der Waals surface area contributed by atoms with Gasteiger partial charge >= 0.3 is 5.69 Å². The van der Waals surface area contributed by atoms with Gasteiger partial charge in [-0.15, -0.1) is 0 Å². The number of likely N-dealkylation sites (N-methyl/N-ethyl adjacent to an activating group) is 1. The number of carbonyl (C=O) groups is 1. The SMILES string of the molecule is CCN(C(=O)CNC(C)c1ccccc1)c1c(N)n(Cc2ccccc2)c(=O)[nH]c1=O. The Balaban J connectivity index is 1.85. The molecular weight excluding hydrogens is 394 g/mol. The van der Waals surface area contributed by atoms with Crippen molar-refractivity contribution in [2.75, 3.05) is 23.7 Å². The lowest BCUT2D eigenvalue weighted by Gasteiger charge is -2.24. The Morgan fingerprint density at radius 2 is 1.71 bits per heavy atom. The molecule has 0 radical (unpaired) electrons. The van der Waals surface area contributed by atoms with Crippen LogP contribution in [0.3, 0.4) is 0 Å². The van der Waals surface area contributed by atoms with Crippen molar-refractivity contribution in [1.29, 1.82) is 0 Å². The van der Waals surface area contributed by atoms with Crippen LogP contribution in [0.4, 0.5) is 11.5 Å². The van der Waals surface area contributed by atoms with E-state index in [4.69, 9.17) is 5.73 Å². The van der Waals surface area contributed by atoms with Gasteiger partial charge < -0.3 is 16.0 Å². The lowest BCUT2D eigenvalue weighted by atomic mass is 10.1. The highest BCUT2D eigenvalue weighted by Gasteiger charge is 2.23. The minimum Gasteiger partial charge on any atom is -0.383 e. The molecule has 0 aliphatic carbocycles. The predicted molar refractivity (Wildman–Crippen MR) is 122 cm³/mol. The molecule has 0 spiro atoms. The van der Waals surface area contributed by atoms with E-state index in [9.17, 15) is 14.4 Å². The Bertz CT molecular complexity index is 1140. The van der Waals surface area contributed by atoms with Crippen LogP contribution in [0, 0.1) is 0 Å². The van der Waals surface area contributed by atoms with E-state index >= 15 is 0 Å². The van der Waals surface area contributed by atoms with Crippen molar-refractivity contribution < 1.29 is 4.79 Å². The summed E-state index contributed by atoms with van der Waals surface area (Å²) in [7, 11) is 0. The van der Waals surface area contributed by atoms with Crippen molar-refractivity contribution in [3.63, 3.8) is 0 Å². The molecule has 31 heavy (non-hydrogen) atoms. The van der Waals surface area contributed by atoms with Gasteiger partial charge in [-0.1, -0.05) is 60.7 Å². The molecule has 0 fully saturated rings. The Morgan fingerprint density at radius 1 is 1.10 bits per heavy atom. The van der Waals surface area contributed by atoms with Crippen molar-refractivity contribution in [2.45, 2.75) is 26.4 Å². The standard InChI is InChI=1S/C23H27N5O3/c1-3-27(19(29)14-25-16(2)18-12-8-5-9-13-18)20-21(24)28(23(31)26-22(20)30)15-17-10-6-4-7-11-17/h4-13,16,25H,3,14-15,24H2,1-2H3,(H,26,30,31). The molecule has 8 heteroatoms. The van der Waals surface area contributed by atoms with E-state index in [0.29, 0.717) is 0 Å². The van der Waals surface area contributed by atoms with Crippen LogP contribution in [-0.2, 0) is 11.3 Å².